The molecule has 15 nitrogen and oxygen atoms in total. The molecule has 3 heterocycles. The molecule has 0 aromatic rings. The zero-order valence-corrected chi connectivity index (χ0v) is 35.9. The third-order valence-corrected chi connectivity index (χ3v) is 12.5. The Morgan fingerprint density at radius 3 is 2.20 bits per heavy atom. The van der Waals surface area contributed by atoms with Gasteiger partial charge in [-0.15, -0.1) is 0 Å². The van der Waals surface area contributed by atoms with Crippen molar-refractivity contribution in [3.63, 3.8) is 0 Å². The summed E-state index contributed by atoms with van der Waals surface area (Å²) < 4.78 is 44.6. The van der Waals surface area contributed by atoms with Crippen LogP contribution in [-0.2, 0) is 38.0 Å². The van der Waals surface area contributed by atoms with E-state index in [4.69, 9.17) is 38.9 Å². The second kappa shape index (κ2) is 20.8. The predicted octanol–water partition coefficient (Wildman–Crippen LogP) is 1.88. The minimum Gasteiger partial charge on any atom is -0.459 e. The van der Waals surface area contributed by atoms with Crippen molar-refractivity contribution in [3.05, 3.63) is 0 Å². The summed E-state index contributed by atoms with van der Waals surface area (Å²) in [6, 6.07) is -0.578. The van der Waals surface area contributed by atoms with E-state index < -0.39 is 96.5 Å². The number of methoxy groups -OCH3 is 1. The summed E-state index contributed by atoms with van der Waals surface area (Å²) in [5.41, 5.74) is 3.03. The van der Waals surface area contributed by atoms with Gasteiger partial charge in [0.1, 0.15) is 30.0 Å². The molecule has 0 aliphatic carbocycles. The molecule has 0 amide bonds. The molecule has 3 aliphatic rings. The minimum absolute atomic E-state index is 0.0586. The number of nitrogens with zero attached hydrogens (tertiary/aromatic N) is 2. The Morgan fingerprint density at radius 1 is 0.964 bits per heavy atom. The normalized spacial score (nSPS) is 46.2. The lowest BCUT2D eigenvalue weighted by atomic mass is 9.83. The number of rotatable bonds is 11. The quantitative estimate of drug-likeness (QED) is 0.150. The van der Waals surface area contributed by atoms with Gasteiger partial charge >= 0.3 is 5.97 Å². The summed E-state index contributed by atoms with van der Waals surface area (Å²) in [6.07, 6.45) is -7.34. The Hall–Kier alpha value is -1.05. The van der Waals surface area contributed by atoms with Crippen LogP contribution in [0.1, 0.15) is 94.4 Å². The van der Waals surface area contributed by atoms with E-state index in [1.165, 1.54) is 14.0 Å². The van der Waals surface area contributed by atoms with Crippen molar-refractivity contribution >= 4 is 5.97 Å². The van der Waals surface area contributed by atoms with Crippen LogP contribution in [0.15, 0.2) is 0 Å². The maximum Gasteiger partial charge on any atom is 0.311 e. The Morgan fingerprint density at radius 2 is 1.62 bits per heavy atom. The molecule has 55 heavy (non-hydrogen) atoms. The lowest BCUT2D eigenvalue weighted by molar-refractivity contribution is -0.314. The number of aliphatic hydroxyl groups is 4. The SMILES string of the molecule is CC[C@@H]1OC(=O)[C@H](C)[C@H](OC2CC(C)(OC)C(O)[C@H](C)O2)[C@@H](C)[C@H](O[C@@H]2OC(C)C[C@H](N(C)C)C2OCCCN)[C@H](O)C[C@H](C)CN(C)[C@H](C)[C@@H](O)[C@@]1(C)O. The monoisotopic (exact) mass is 792 g/mol. The van der Waals surface area contributed by atoms with E-state index in [1.807, 2.05) is 53.7 Å². The van der Waals surface area contributed by atoms with Crippen LogP contribution in [0.25, 0.3) is 0 Å². The van der Waals surface area contributed by atoms with Crippen molar-refractivity contribution in [3.8, 4) is 0 Å². The summed E-state index contributed by atoms with van der Waals surface area (Å²) in [5, 5.41) is 46.5. The molecule has 3 rings (SSSR count). The first-order valence-corrected chi connectivity index (χ1v) is 20.5. The summed E-state index contributed by atoms with van der Waals surface area (Å²) in [7, 11) is 7.36. The molecule has 0 aromatic heterocycles. The number of carbonyl (C=O) groups is 1. The number of carbonyl (C=O) groups excluding carboxylic acids is 1. The highest BCUT2D eigenvalue weighted by molar-refractivity contribution is 5.73. The average molecular weight is 792 g/mol. The fourth-order valence-corrected chi connectivity index (χ4v) is 8.69. The number of aliphatic hydroxyl groups excluding tert-OH is 3. The van der Waals surface area contributed by atoms with Crippen molar-refractivity contribution in [1.82, 2.24) is 9.80 Å². The zero-order chi connectivity index (χ0) is 41.6. The largest absolute Gasteiger partial charge is 0.459 e. The number of esters is 1. The lowest BCUT2D eigenvalue weighted by Crippen LogP contribution is -2.59. The van der Waals surface area contributed by atoms with Gasteiger partial charge in [0.2, 0.25) is 0 Å². The molecule has 18 atom stereocenters. The number of hydrogen-bond acceptors (Lipinski definition) is 15. The van der Waals surface area contributed by atoms with E-state index >= 15 is 0 Å². The average Bonchev–Trinajstić information content (AvgIpc) is 3.12. The van der Waals surface area contributed by atoms with Gasteiger partial charge in [-0.05, 0) is 101 Å². The highest BCUT2D eigenvalue weighted by atomic mass is 16.7. The Bertz CT molecular complexity index is 1170. The molecule has 3 saturated heterocycles. The number of hydrogen-bond donors (Lipinski definition) is 5. The molecule has 0 spiro atoms. The van der Waals surface area contributed by atoms with Crippen molar-refractivity contribution in [2.24, 2.45) is 23.5 Å². The molecule has 0 saturated carbocycles. The third-order valence-electron chi connectivity index (χ3n) is 12.5. The second-order valence-corrected chi connectivity index (χ2v) is 17.4. The van der Waals surface area contributed by atoms with Gasteiger partial charge in [0.05, 0.1) is 42.0 Å². The molecule has 0 bridgehead atoms. The maximum absolute atomic E-state index is 14.3. The van der Waals surface area contributed by atoms with E-state index in [2.05, 4.69) is 4.90 Å². The number of likely N-dealkylation sites (N-methyl/N-ethyl adjacent to an activating group) is 2. The molecule has 3 aliphatic heterocycles. The van der Waals surface area contributed by atoms with Crippen molar-refractivity contribution in [2.75, 3.05) is 47.9 Å². The standard InChI is InChI=1S/C40H77N3O12/c1-14-30-40(9,48)35(45)26(6)43(12)21-22(2)18-29(44)33(55-38-34(50-17-15-16-41)28(42(10)11)19-23(3)51-38)24(4)32(25(5)37(47)53-30)54-31-20-39(8,49-13)36(46)27(7)52-31/h22-36,38,44-46,48H,14-21,41H2,1-13H3/t22-,23?,24+,25+,26+,27-,28-,29+,30-,31?,32+,33-,34?,35+,36?,38-,39?,40-/m0/s1. The summed E-state index contributed by atoms with van der Waals surface area (Å²) in [6.45, 7) is 17.5. The van der Waals surface area contributed by atoms with Gasteiger partial charge in [-0.3, -0.25) is 4.79 Å². The van der Waals surface area contributed by atoms with Crippen LogP contribution in [0.3, 0.4) is 0 Å². The van der Waals surface area contributed by atoms with Crippen LogP contribution in [0.2, 0.25) is 0 Å². The first-order valence-electron chi connectivity index (χ1n) is 20.5. The van der Waals surface area contributed by atoms with Gasteiger partial charge in [0.15, 0.2) is 12.6 Å². The Labute approximate surface area is 330 Å². The number of ether oxygens (including phenoxy) is 7. The van der Waals surface area contributed by atoms with E-state index in [0.29, 0.717) is 39.0 Å². The van der Waals surface area contributed by atoms with Gasteiger partial charge in [-0.25, -0.2) is 0 Å². The first-order chi connectivity index (χ1) is 25.6. The first kappa shape index (κ1) is 48.3. The molecule has 5 unspecified atom stereocenters. The fraction of sp³-hybridized carbons (Fsp3) is 0.975. The molecule has 15 heteroatoms. The van der Waals surface area contributed by atoms with Crippen LogP contribution < -0.4 is 5.73 Å². The van der Waals surface area contributed by atoms with Crippen LogP contribution >= 0.6 is 0 Å². The molecule has 324 valence electrons. The summed E-state index contributed by atoms with van der Waals surface area (Å²) in [4.78, 5) is 18.3. The van der Waals surface area contributed by atoms with Gasteiger partial charge in [0, 0.05) is 44.7 Å². The summed E-state index contributed by atoms with van der Waals surface area (Å²) in [5.74, 6) is -2.41. The minimum atomic E-state index is -1.79. The van der Waals surface area contributed by atoms with Crippen LogP contribution in [-0.4, -0.2) is 175 Å². The molecule has 6 N–H and O–H groups in total. The van der Waals surface area contributed by atoms with Crippen LogP contribution in [0, 0.1) is 17.8 Å². The van der Waals surface area contributed by atoms with Crippen molar-refractivity contribution in [1.29, 1.82) is 0 Å². The van der Waals surface area contributed by atoms with Gasteiger partial charge in [-0.2, -0.15) is 0 Å². The van der Waals surface area contributed by atoms with Crippen molar-refractivity contribution < 1.29 is 58.4 Å². The second-order valence-electron chi connectivity index (χ2n) is 17.4. The molecule has 3 fully saturated rings. The molecular weight excluding hydrogens is 714 g/mol. The molecular formula is C40H77N3O12. The smallest absolute Gasteiger partial charge is 0.311 e. The highest BCUT2D eigenvalue weighted by Crippen LogP contribution is 2.38. The van der Waals surface area contributed by atoms with E-state index in [9.17, 15) is 25.2 Å². The van der Waals surface area contributed by atoms with Crippen LogP contribution in [0.5, 0.6) is 0 Å². The highest BCUT2D eigenvalue weighted by Gasteiger charge is 2.51. The van der Waals surface area contributed by atoms with E-state index in [-0.39, 0.29) is 30.9 Å². The van der Waals surface area contributed by atoms with E-state index in [1.54, 1.807) is 27.7 Å². The van der Waals surface area contributed by atoms with E-state index in [0.717, 1.165) is 0 Å². The maximum atomic E-state index is 14.3. The fourth-order valence-electron chi connectivity index (χ4n) is 8.69. The third kappa shape index (κ3) is 11.8. The summed E-state index contributed by atoms with van der Waals surface area (Å²) >= 11 is 0. The van der Waals surface area contributed by atoms with Gasteiger partial charge in [-0.1, -0.05) is 20.8 Å². The number of cyclic esters (lactones) is 1. The van der Waals surface area contributed by atoms with Gasteiger partial charge < -0.3 is 69.1 Å². The molecule has 0 aromatic carbocycles. The topological polar surface area (TPSA) is 195 Å². The lowest BCUT2D eigenvalue weighted by Gasteiger charge is -2.47. The Kier molecular flexibility index (Phi) is 18.2. The van der Waals surface area contributed by atoms with Crippen molar-refractivity contribution in [2.45, 2.75) is 185 Å². The Balaban J connectivity index is 2.16. The zero-order valence-electron chi connectivity index (χ0n) is 35.9. The molecule has 0 radical (unpaired) electrons. The predicted molar refractivity (Wildman–Crippen MR) is 207 cm³/mol. The van der Waals surface area contributed by atoms with Crippen LogP contribution in [0.4, 0.5) is 0 Å². The van der Waals surface area contributed by atoms with Gasteiger partial charge in [0.25, 0.3) is 0 Å². The number of nitrogens with two attached hydrogens (primary N) is 1.